The van der Waals surface area contributed by atoms with Gasteiger partial charge in [0.05, 0.1) is 40.5 Å². The quantitative estimate of drug-likeness (QED) is 0.172. The average molecular weight is 743 g/mol. The van der Waals surface area contributed by atoms with Crippen LogP contribution in [0.4, 0.5) is 34.5 Å². The summed E-state index contributed by atoms with van der Waals surface area (Å²) in [5.41, 5.74) is 6.14. The zero-order valence-corrected chi connectivity index (χ0v) is 31.8. The number of aromatic nitrogens is 4. The largest absolute Gasteiger partial charge is 0.494 e. The number of likely N-dealkylation sites (N-methyl/N-ethyl adjacent to an activating group) is 1. The minimum atomic E-state index is -3.62. The monoisotopic (exact) mass is 742 g/mol. The van der Waals surface area contributed by atoms with E-state index in [4.69, 9.17) is 14.7 Å². The SMILES string of the molecule is COc1cc(N2CCC(N3CCN(C)CC3)CC2)c(CC2CC2)cc1Nc1nc(Nc2ccc3nccnc3c2N(C)S(C)(=O)=O)c2sccc2n1. The van der Waals surface area contributed by atoms with Gasteiger partial charge < -0.3 is 25.2 Å². The summed E-state index contributed by atoms with van der Waals surface area (Å²) in [5.74, 6) is 2.40. The highest BCUT2D eigenvalue weighted by Gasteiger charge is 2.30. The van der Waals surface area contributed by atoms with Crippen LogP contribution in [0.25, 0.3) is 21.3 Å². The lowest BCUT2D eigenvalue weighted by molar-refractivity contribution is 0.0982. The van der Waals surface area contributed by atoms with Gasteiger partial charge >= 0.3 is 0 Å². The van der Waals surface area contributed by atoms with Crippen LogP contribution in [-0.4, -0.2) is 111 Å². The van der Waals surface area contributed by atoms with Crippen LogP contribution in [0.2, 0.25) is 0 Å². The van der Waals surface area contributed by atoms with Gasteiger partial charge in [0, 0.05) is 76.5 Å². The van der Waals surface area contributed by atoms with Crippen molar-refractivity contribution in [3.63, 3.8) is 0 Å². The van der Waals surface area contributed by atoms with Crippen LogP contribution in [-0.2, 0) is 16.4 Å². The van der Waals surface area contributed by atoms with Crippen LogP contribution in [0.15, 0.2) is 48.1 Å². The summed E-state index contributed by atoms with van der Waals surface area (Å²) in [5, 5.41) is 8.90. The van der Waals surface area contributed by atoms with Crippen molar-refractivity contribution in [1.29, 1.82) is 0 Å². The van der Waals surface area contributed by atoms with E-state index in [0.29, 0.717) is 46.1 Å². The Bertz CT molecular complexity index is 2190. The predicted octanol–water partition coefficient (Wildman–Crippen LogP) is 5.69. The number of methoxy groups -OCH3 is 1. The standard InChI is InChI=1S/C37H46N10O3S2/c1-44-16-18-46(19-17-44)26-9-14-47(15-10-26)31-23-32(50-3)30(22-25(31)21-24-5-6-24)42-37-41-29-11-20-51-35(29)36(43-37)40-28-8-7-27-33(39-13-12-38-27)34(28)45(2)52(4,48)49/h7-8,11-13,20,22-24,26H,5-6,9-10,14-19,21H2,1-4H3,(H2,40,41,42,43). The number of rotatable bonds is 11. The Kier molecular flexibility index (Phi) is 9.53. The van der Waals surface area contributed by atoms with Gasteiger partial charge in [-0.05, 0) is 80.3 Å². The molecule has 2 N–H and O–H groups in total. The van der Waals surface area contributed by atoms with E-state index < -0.39 is 10.0 Å². The minimum absolute atomic E-state index is 0.389. The first-order valence-corrected chi connectivity index (χ1v) is 20.7. The molecular weight excluding hydrogens is 697 g/mol. The van der Waals surface area contributed by atoms with Crippen molar-refractivity contribution in [2.24, 2.45) is 5.92 Å². The minimum Gasteiger partial charge on any atom is -0.494 e. The molecular formula is C37H46N10O3S2. The Hall–Kier alpha value is -4.31. The van der Waals surface area contributed by atoms with Gasteiger partial charge in [0.2, 0.25) is 16.0 Å². The fraction of sp³-hybridized carbons (Fsp3) is 0.459. The van der Waals surface area contributed by atoms with Crippen LogP contribution in [0.3, 0.4) is 0 Å². The normalized spacial score (nSPS) is 17.9. The molecule has 0 spiro atoms. The van der Waals surface area contributed by atoms with E-state index in [1.165, 1.54) is 65.9 Å². The van der Waals surface area contributed by atoms with E-state index in [1.807, 2.05) is 23.6 Å². The Balaban J connectivity index is 1.10. The zero-order valence-electron chi connectivity index (χ0n) is 30.2. The third-order valence-electron chi connectivity index (χ3n) is 10.7. The van der Waals surface area contributed by atoms with E-state index in [-0.39, 0.29) is 0 Å². The maximum Gasteiger partial charge on any atom is 0.232 e. The second-order valence-corrected chi connectivity index (χ2v) is 17.2. The summed E-state index contributed by atoms with van der Waals surface area (Å²) in [4.78, 5) is 26.4. The van der Waals surface area contributed by atoms with Gasteiger partial charge in [0.1, 0.15) is 17.0 Å². The number of thiophene rings is 1. The van der Waals surface area contributed by atoms with Crippen LogP contribution in [0, 0.1) is 5.92 Å². The number of ether oxygens (including phenoxy) is 1. The number of piperazine rings is 1. The molecule has 52 heavy (non-hydrogen) atoms. The topological polar surface area (TPSA) is 132 Å². The third kappa shape index (κ3) is 7.19. The van der Waals surface area contributed by atoms with Crippen molar-refractivity contribution < 1.29 is 13.2 Å². The van der Waals surface area contributed by atoms with Crippen molar-refractivity contribution >= 4 is 77.1 Å². The van der Waals surface area contributed by atoms with Crippen molar-refractivity contribution in [3.05, 3.63) is 53.7 Å². The predicted molar refractivity (Wildman–Crippen MR) is 210 cm³/mol. The second-order valence-electron chi connectivity index (χ2n) is 14.3. The molecule has 3 fully saturated rings. The van der Waals surface area contributed by atoms with Crippen LogP contribution in [0.1, 0.15) is 31.2 Å². The number of fused-ring (bicyclic) bond motifs is 2. The Morgan fingerprint density at radius 2 is 1.69 bits per heavy atom. The van der Waals surface area contributed by atoms with Crippen molar-refractivity contribution in [1.82, 2.24) is 29.7 Å². The van der Waals surface area contributed by atoms with E-state index in [2.05, 4.69) is 54.5 Å². The molecule has 2 aliphatic heterocycles. The molecule has 274 valence electrons. The highest BCUT2D eigenvalue weighted by molar-refractivity contribution is 7.92. The smallest absolute Gasteiger partial charge is 0.232 e. The highest BCUT2D eigenvalue weighted by atomic mass is 32.2. The molecule has 15 heteroatoms. The Morgan fingerprint density at radius 1 is 0.923 bits per heavy atom. The summed E-state index contributed by atoms with van der Waals surface area (Å²) in [7, 11) is 1.83. The molecule has 0 atom stereocenters. The molecule has 0 bridgehead atoms. The van der Waals surface area contributed by atoms with Gasteiger partial charge in [0.25, 0.3) is 0 Å². The molecule has 2 aromatic carbocycles. The van der Waals surface area contributed by atoms with Crippen LogP contribution >= 0.6 is 11.3 Å². The first-order chi connectivity index (χ1) is 25.1. The molecule has 8 rings (SSSR count). The lowest BCUT2D eigenvalue weighted by atomic mass is 9.98. The molecule has 0 unspecified atom stereocenters. The third-order valence-corrected chi connectivity index (χ3v) is 12.8. The first-order valence-electron chi connectivity index (χ1n) is 18.0. The number of benzene rings is 2. The summed E-state index contributed by atoms with van der Waals surface area (Å²) in [6, 6.07) is 10.7. The van der Waals surface area contributed by atoms with E-state index in [9.17, 15) is 8.42 Å². The van der Waals surface area contributed by atoms with Gasteiger partial charge in [0.15, 0.2) is 5.82 Å². The van der Waals surface area contributed by atoms with Crippen molar-refractivity contribution in [2.45, 2.75) is 38.1 Å². The number of hydrogen-bond acceptors (Lipinski definition) is 13. The van der Waals surface area contributed by atoms with Gasteiger partial charge in [-0.2, -0.15) is 4.98 Å². The summed E-state index contributed by atoms with van der Waals surface area (Å²) >= 11 is 1.51. The van der Waals surface area contributed by atoms with Crippen molar-refractivity contribution in [2.75, 3.05) is 86.6 Å². The van der Waals surface area contributed by atoms with E-state index in [0.717, 1.165) is 67.3 Å². The molecule has 1 saturated carbocycles. The zero-order chi connectivity index (χ0) is 36.0. The van der Waals surface area contributed by atoms with Gasteiger partial charge in [-0.1, -0.05) is 0 Å². The molecule has 3 aromatic heterocycles. The Labute approximate surface area is 309 Å². The molecule has 1 aliphatic carbocycles. The van der Waals surface area contributed by atoms with Crippen molar-refractivity contribution in [3.8, 4) is 5.75 Å². The highest BCUT2D eigenvalue weighted by Crippen LogP contribution is 2.42. The molecule has 3 aliphatic rings. The van der Waals surface area contributed by atoms with Crippen LogP contribution < -0.4 is 24.6 Å². The lowest BCUT2D eigenvalue weighted by Gasteiger charge is -2.43. The lowest BCUT2D eigenvalue weighted by Crippen LogP contribution is -2.52. The van der Waals surface area contributed by atoms with Gasteiger partial charge in [-0.15, -0.1) is 11.3 Å². The average Bonchev–Trinajstić information content (AvgIpc) is 3.83. The number of sulfonamides is 1. The molecule has 5 heterocycles. The Morgan fingerprint density at radius 3 is 2.42 bits per heavy atom. The van der Waals surface area contributed by atoms with E-state index >= 15 is 0 Å². The molecule has 13 nitrogen and oxygen atoms in total. The molecule has 5 aromatic rings. The number of nitrogens with one attached hydrogen (secondary N) is 2. The molecule has 0 radical (unpaired) electrons. The maximum atomic E-state index is 12.8. The van der Waals surface area contributed by atoms with Gasteiger partial charge in [-0.25, -0.2) is 13.4 Å². The fourth-order valence-corrected chi connectivity index (χ4v) is 8.78. The van der Waals surface area contributed by atoms with E-state index in [1.54, 1.807) is 19.5 Å². The number of nitrogens with zero attached hydrogens (tertiary/aromatic N) is 8. The van der Waals surface area contributed by atoms with Gasteiger partial charge in [-0.3, -0.25) is 19.2 Å². The first kappa shape index (κ1) is 34.8. The molecule has 2 saturated heterocycles. The summed E-state index contributed by atoms with van der Waals surface area (Å²) < 4.78 is 33.6. The summed E-state index contributed by atoms with van der Waals surface area (Å²) in [6.07, 6.45) is 10.2. The number of hydrogen-bond donors (Lipinski definition) is 2. The maximum absolute atomic E-state index is 12.8. The number of anilines is 6. The molecule has 0 amide bonds. The summed E-state index contributed by atoms with van der Waals surface area (Å²) in [6.45, 7) is 6.70. The van der Waals surface area contributed by atoms with Crippen LogP contribution in [0.5, 0.6) is 5.75 Å². The number of piperidine rings is 1. The fourth-order valence-electron chi connectivity index (χ4n) is 7.49. The second kappa shape index (κ2) is 14.3.